The van der Waals surface area contributed by atoms with Gasteiger partial charge in [0.2, 0.25) is 5.78 Å². The van der Waals surface area contributed by atoms with E-state index >= 15 is 0 Å². The number of carbonyl (C=O) groups is 1. The fraction of sp³-hybridized carbons (Fsp3) is 0.222. The largest absolute Gasteiger partial charge is 0.363 e. The van der Waals surface area contributed by atoms with Crippen LogP contribution in [0, 0.1) is 0 Å². The van der Waals surface area contributed by atoms with Gasteiger partial charge in [0.05, 0.1) is 0 Å². The maximum absolute atomic E-state index is 12.7. The predicted molar refractivity (Wildman–Crippen MR) is 56.4 cm³/mol. The highest BCUT2D eigenvalue weighted by atomic mass is 79.9. The van der Waals surface area contributed by atoms with Crippen molar-refractivity contribution in [2.75, 3.05) is 6.26 Å². The molecule has 0 aliphatic heterocycles. The first kappa shape index (κ1) is 11.7. The Kier molecular flexibility index (Phi) is 3.66. The average Bonchev–Trinajstić information content (AvgIpc) is 2.15. The van der Waals surface area contributed by atoms with Gasteiger partial charge in [-0.15, -0.1) is 11.8 Å². The molecule has 0 amide bonds. The lowest BCUT2D eigenvalue weighted by Gasteiger charge is -2.09. The van der Waals surface area contributed by atoms with Crippen LogP contribution in [0.15, 0.2) is 29.2 Å². The molecule has 0 spiro atoms. The van der Waals surface area contributed by atoms with Gasteiger partial charge in [-0.2, -0.15) is 8.78 Å². The third-order valence-corrected chi connectivity index (χ3v) is 2.77. The van der Waals surface area contributed by atoms with Gasteiger partial charge in [0, 0.05) is 10.5 Å². The second kappa shape index (κ2) is 4.40. The minimum atomic E-state index is -3.49. The molecule has 1 aromatic rings. The van der Waals surface area contributed by atoms with E-state index in [9.17, 15) is 13.6 Å². The average molecular weight is 281 g/mol. The van der Waals surface area contributed by atoms with Gasteiger partial charge in [0.1, 0.15) is 0 Å². The van der Waals surface area contributed by atoms with Crippen molar-refractivity contribution in [1.29, 1.82) is 0 Å². The van der Waals surface area contributed by atoms with E-state index in [2.05, 4.69) is 15.9 Å². The lowest BCUT2D eigenvalue weighted by molar-refractivity contribution is 0.0589. The molecule has 1 aromatic carbocycles. The Morgan fingerprint density at radius 2 is 2.00 bits per heavy atom. The Bertz CT molecular complexity index is 349. The zero-order valence-corrected chi connectivity index (χ0v) is 9.66. The lowest BCUT2D eigenvalue weighted by Crippen LogP contribution is -2.21. The molecule has 0 bridgehead atoms. The molecule has 76 valence electrons. The second-order valence-corrected chi connectivity index (χ2v) is 4.37. The molecule has 0 atom stereocenters. The van der Waals surface area contributed by atoms with E-state index in [0.717, 1.165) is 0 Å². The van der Waals surface area contributed by atoms with Crippen LogP contribution < -0.4 is 0 Å². The summed E-state index contributed by atoms with van der Waals surface area (Å²) in [6, 6.07) is 6.29. The smallest absolute Gasteiger partial charge is 0.286 e. The topological polar surface area (TPSA) is 17.1 Å². The fourth-order valence-corrected chi connectivity index (χ4v) is 1.79. The van der Waals surface area contributed by atoms with Crippen LogP contribution in [-0.2, 0) is 0 Å². The molecule has 0 radical (unpaired) electrons. The molecule has 0 fully saturated rings. The van der Waals surface area contributed by atoms with Gasteiger partial charge >= 0.3 is 4.83 Å². The molecule has 0 aliphatic rings. The van der Waals surface area contributed by atoms with Crippen molar-refractivity contribution < 1.29 is 13.6 Å². The quantitative estimate of drug-likeness (QED) is 0.478. The highest BCUT2D eigenvalue weighted by Gasteiger charge is 2.36. The summed E-state index contributed by atoms with van der Waals surface area (Å²) in [5.74, 6) is -1.21. The van der Waals surface area contributed by atoms with Gasteiger partial charge in [0.15, 0.2) is 0 Å². The van der Waals surface area contributed by atoms with Crippen molar-refractivity contribution in [2.24, 2.45) is 0 Å². The first-order valence-corrected chi connectivity index (χ1v) is 5.73. The van der Waals surface area contributed by atoms with Crippen LogP contribution in [0.1, 0.15) is 10.4 Å². The molecule has 0 saturated carbocycles. The standard InChI is InChI=1S/C9H7BrF2OS/c1-14-7-5-3-2-4-6(7)8(13)9(10,11)12/h2-5H,1H3. The highest BCUT2D eigenvalue weighted by Crippen LogP contribution is 2.30. The lowest BCUT2D eigenvalue weighted by atomic mass is 10.1. The molecule has 0 saturated heterocycles. The van der Waals surface area contributed by atoms with Gasteiger partial charge in [-0.25, -0.2) is 0 Å². The number of hydrogen-bond donors (Lipinski definition) is 0. The Morgan fingerprint density at radius 3 is 2.50 bits per heavy atom. The van der Waals surface area contributed by atoms with Crippen molar-refractivity contribution in [3.8, 4) is 0 Å². The van der Waals surface area contributed by atoms with Gasteiger partial charge in [-0.1, -0.05) is 18.2 Å². The number of ketones is 1. The van der Waals surface area contributed by atoms with Crippen molar-refractivity contribution in [3.63, 3.8) is 0 Å². The maximum atomic E-state index is 12.7. The number of rotatable bonds is 3. The zero-order chi connectivity index (χ0) is 10.8. The van der Waals surface area contributed by atoms with Crippen LogP contribution in [0.5, 0.6) is 0 Å². The summed E-state index contributed by atoms with van der Waals surface area (Å²) < 4.78 is 25.4. The molecule has 14 heavy (non-hydrogen) atoms. The number of carbonyl (C=O) groups excluding carboxylic acids is 1. The van der Waals surface area contributed by atoms with Gasteiger partial charge in [-0.05, 0) is 28.3 Å². The summed E-state index contributed by atoms with van der Waals surface area (Å²) in [4.78, 5) is 8.30. The van der Waals surface area contributed by atoms with Gasteiger partial charge < -0.3 is 0 Å². The van der Waals surface area contributed by atoms with E-state index < -0.39 is 10.6 Å². The van der Waals surface area contributed by atoms with Crippen LogP contribution in [-0.4, -0.2) is 16.9 Å². The Hall–Kier alpha value is -0.420. The molecule has 0 aromatic heterocycles. The van der Waals surface area contributed by atoms with Gasteiger partial charge in [0.25, 0.3) is 0 Å². The zero-order valence-electron chi connectivity index (χ0n) is 7.26. The fourth-order valence-electron chi connectivity index (χ4n) is 0.985. The molecule has 1 nitrogen and oxygen atoms in total. The number of halogens is 3. The normalized spacial score (nSPS) is 11.4. The molecule has 1 rings (SSSR count). The highest BCUT2D eigenvalue weighted by molar-refractivity contribution is 9.10. The van der Waals surface area contributed by atoms with Gasteiger partial charge in [-0.3, -0.25) is 4.79 Å². The summed E-state index contributed by atoms with van der Waals surface area (Å²) >= 11 is 3.32. The van der Waals surface area contributed by atoms with Crippen LogP contribution >= 0.6 is 27.7 Å². The molecular formula is C9H7BrF2OS. The third-order valence-electron chi connectivity index (χ3n) is 1.61. The molecule has 5 heteroatoms. The van der Waals surface area contributed by atoms with E-state index in [1.807, 2.05) is 0 Å². The van der Waals surface area contributed by atoms with E-state index in [1.54, 1.807) is 24.5 Å². The first-order valence-electron chi connectivity index (χ1n) is 3.71. The Labute approximate surface area is 93.0 Å². The van der Waals surface area contributed by atoms with E-state index in [-0.39, 0.29) is 5.56 Å². The Morgan fingerprint density at radius 1 is 1.43 bits per heavy atom. The summed E-state index contributed by atoms with van der Waals surface area (Å²) in [7, 11) is 0. The number of alkyl halides is 3. The summed E-state index contributed by atoms with van der Waals surface area (Å²) in [6.07, 6.45) is 1.73. The Balaban J connectivity index is 3.13. The number of hydrogen-bond acceptors (Lipinski definition) is 2. The van der Waals surface area contributed by atoms with Crippen molar-refractivity contribution in [3.05, 3.63) is 29.8 Å². The maximum Gasteiger partial charge on any atom is 0.363 e. The van der Waals surface area contributed by atoms with E-state index in [4.69, 9.17) is 0 Å². The second-order valence-electron chi connectivity index (χ2n) is 2.53. The van der Waals surface area contributed by atoms with Crippen molar-refractivity contribution in [1.82, 2.24) is 0 Å². The van der Waals surface area contributed by atoms with E-state index in [0.29, 0.717) is 4.90 Å². The minimum Gasteiger partial charge on any atom is -0.286 e. The minimum absolute atomic E-state index is 0.0434. The van der Waals surface area contributed by atoms with Crippen LogP contribution in [0.4, 0.5) is 8.78 Å². The third kappa shape index (κ3) is 2.54. The number of Topliss-reactive ketones (excluding diaryl/α,β-unsaturated/α-hetero) is 1. The molecule has 0 heterocycles. The van der Waals surface area contributed by atoms with Crippen LogP contribution in [0.2, 0.25) is 0 Å². The monoisotopic (exact) mass is 280 g/mol. The molecule has 0 unspecified atom stereocenters. The molecule has 0 N–H and O–H groups in total. The predicted octanol–water partition coefficient (Wildman–Crippen LogP) is 3.58. The SMILES string of the molecule is CSc1ccccc1C(=O)C(F)(F)Br. The van der Waals surface area contributed by atoms with E-state index in [1.165, 1.54) is 17.8 Å². The number of thioether (sulfide) groups is 1. The molecule has 0 aliphatic carbocycles. The summed E-state index contributed by atoms with van der Waals surface area (Å²) in [5, 5.41) is 0. The number of benzene rings is 1. The summed E-state index contributed by atoms with van der Waals surface area (Å²) in [6.45, 7) is 0. The van der Waals surface area contributed by atoms with Crippen molar-refractivity contribution in [2.45, 2.75) is 9.73 Å². The summed E-state index contributed by atoms with van der Waals surface area (Å²) in [5.41, 5.74) is 0.0434. The van der Waals surface area contributed by atoms with Crippen molar-refractivity contribution >= 4 is 33.5 Å². The van der Waals surface area contributed by atoms with Crippen LogP contribution in [0.25, 0.3) is 0 Å². The first-order chi connectivity index (χ1) is 6.46. The van der Waals surface area contributed by atoms with Crippen LogP contribution in [0.3, 0.4) is 0 Å². The molecular weight excluding hydrogens is 274 g/mol.